The number of piperidine rings is 1. The summed E-state index contributed by atoms with van der Waals surface area (Å²) >= 11 is 5.88. The number of halogens is 1. The van der Waals surface area contributed by atoms with Crippen molar-refractivity contribution in [2.45, 2.75) is 26.8 Å². The Kier molecular flexibility index (Phi) is 3.82. The van der Waals surface area contributed by atoms with Crippen molar-refractivity contribution >= 4 is 11.6 Å². The highest BCUT2D eigenvalue weighted by atomic mass is 35.5. The zero-order valence-electron chi connectivity index (χ0n) is 9.99. The second-order valence-corrected chi connectivity index (χ2v) is 5.35. The highest BCUT2D eigenvalue weighted by Gasteiger charge is 2.22. The fraction of sp³-hybridized carbons (Fsp3) is 0.615. The van der Waals surface area contributed by atoms with E-state index >= 15 is 0 Å². The topological polar surface area (TPSA) is 16.1 Å². The zero-order chi connectivity index (χ0) is 11.5. The SMILES string of the molecule is CC1CCN(Cc2ccnc(Cl)c2)CC1C. The van der Waals surface area contributed by atoms with Crippen LogP contribution in [0.1, 0.15) is 25.8 Å². The number of hydrogen-bond donors (Lipinski definition) is 0. The Bertz CT molecular complexity index is 354. The van der Waals surface area contributed by atoms with Gasteiger partial charge in [0, 0.05) is 19.3 Å². The molecule has 2 unspecified atom stereocenters. The maximum absolute atomic E-state index is 5.88. The smallest absolute Gasteiger partial charge is 0.129 e. The van der Waals surface area contributed by atoms with Gasteiger partial charge in [-0.1, -0.05) is 25.4 Å². The second kappa shape index (κ2) is 5.15. The number of pyridine rings is 1. The lowest BCUT2D eigenvalue weighted by Gasteiger charge is -2.35. The maximum Gasteiger partial charge on any atom is 0.129 e. The van der Waals surface area contributed by atoms with Gasteiger partial charge in [-0.05, 0) is 42.5 Å². The third-order valence-electron chi connectivity index (χ3n) is 3.62. The molecular formula is C13H19ClN2. The first-order valence-corrected chi connectivity index (χ1v) is 6.35. The van der Waals surface area contributed by atoms with Crippen molar-refractivity contribution < 1.29 is 0 Å². The van der Waals surface area contributed by atoms with Crippen LogP contribution in [0, 0.1) is 11.8 Å². The van der Waals surface area contributed by atoms with Crippen LogP contribution in [0.4, 0.5) is 0 Å². The first-order valence-electron chi connectivity index (χ1n) is 5.98. The lowest BCUT2D eigenvalue weighted by molar-refractivity contribution is 0.132. The first kappa shape index (κ1) is 11.9. The van der Waals surface area contributed by atoms with Crippen LogP contribution in [0.25, 0.3) is 0 Å². The first-order chi connectivity index (χ1) is 7.65. The summed E-state index contributed by atoms with van der Waals surface area (Å²) in [5.74, 6) is 1.66. The molecule has 0 aliphatic carbocycles. The summed E-state index contributed by atoms with van der Waals surface area (Å²) < 4.78 is 0. The Morgan fingerprint density at radius 3 is 2.94 bits per heavy atom. The van der Waals surface area contributed by atoms with Crippen molar-refractivity contribution in [3.05, 3.63) is 29.0 Å². The monoisotopic (exact) mass is 238 g/mol. The van der Waals surface area contributed by atoms with Crippen LogP contribution in [-0.2, 0) is 6.54 Å². The molecule has 1 aliphatic rings. The van der Waals surface area contributed by atoms with Gasteiger partial charge >= 0.3 is 0 Å². The molecule has 0 radical (unpaired) electrons. The van der Waals surface area contributed by atoms with Gasteiger partial charge in [-0.25, -0.2) is 4.98 Å². The summed E-state index contributed by atoms with van der Waals surface area (Å²) in [4.78, 5) is 6.52. The molecular weight excluding hydrogens is 220 g/mol. The van der Waals surface area contributed by atoms with Gasteiger partial charge in [0.2, 0.25) is 0 Å². The Morgan fingerprint density at radius 2 is 2.25 bits per heavy atom. The van der Waals surface area contributed by atoms with Gasteiger partial charge in [-0.15, -0.1) is 0 Å². The van der Waals surface area contributed by atoms with Crippen molar-refractivity contribution in [1.29, 1.82) is 0 Å². The van der Waals surface area contributed by atoms with E-state index in [0.717, 1.165) is 18.4 Å². The normalized spacial score (nSPS) is 26.9. The quantitative estimate of drug-likeness (QED) is 0.736. The van der Waals surface area contributed by atoms with Gasteiger partial charge in [0.15, 0.2) is 0 Å². The molecule has 2 rings (SSSR count). The average Bonchev–Trinajstić information content (AvgIpc) is 2.24. The van der Waals surface area contributed by atoms with Gasteiger partial charge in [0.25, 0.3) is 0 Å². The second-order valence-electron chi connectivity index (χ2n) is 4.97. The molecule has 0 N–H and O–H groups in total. The predicted molar refractivity (Wildman–Crippen MR) is 67.5 cm³/mol. The van der Waals surface area contributed by atoms with Crippen molar-refractivity contribution in [2.75, 3.05) is 13.1 Å². The van der Waals surface area contributed by atoms with E-state index < -0.39 is 0 Å². The van der Waals surface area contributed by atoms with Gasteiger partial charge in [-0.2, -0.15) is 0 Å². The molecule has 1 aromatic rings. The molecule has 0 spiro atoms. The molecule has 0 saturated carbocycles. The molecule has 1 aliphatic heterocycles. The molecule has 0 aromatic carbocycles. The number of aromatic nitrogens is 1. The highest BCUT2D eigenvalue weighted by Crippen LogP contribution is 2.23. The Morgan fingerprint density at radius 1 is 1.44 bits per heavy atom. The summed E-state index contributed by atoms with van der Waals surface area (Å²) in [5, 5.41) is 0.593. The van der Waals surface area contributed by atoms with Crippen molar-refractivity contribution in [3.8, 4) is 0 Å². The zero-order valence-corrected chi connectivity index (χ0v) is 10.7. The minimum absolute atomic E-state index is 0.593. The molecule has 2 atom stereocenters. The van der Waals surface area contributed by atoms with Crippen molar-refractivity contribution in [1.82, 2.24) is 9.88 Å². The van der Waals surface area contributed by atoms with E-state index in [2.05, 4.69) is 29.8 Å². The summed E-state index contributed by atoms with van der Waals surface area (Å²) in [6.45, 7) is 8.09. The average molecular weight is 239 g/mol. The Balaban J connectivity index is 1.95. The fourth-order valence-electron chi connectivity index (χ4n) is 2.29. The standard InChI is InChI=1S/C13H19ClN2/c1-10-4-6-16(8-11(10)2)9-12-3-5-15-13(14)7-12/h3,5,7,10-11H,4,6,8-9H2,1-2H3. The van der Waals surface area contributed by atoms with E-state index in [0.29, 0.717) is 5.15 Å². The van der Waals surface area contributed by atoms with Crippen molar-refractivity contribution in [3.63, 3.8) is 0 Å². The van der Waals surface area contributed by atoms with Gasteiger partial charge in [0.05, 0.1) is 0 Å². The van der Waals surface area contributed by atoms with E-state index in [9.17, 15) is 0 Å². The van der Waals surface area contributed by atoms with E-state index in [-0.39, 0.29) is 0 Å². The Labute approximate surface area is 103 Å². The minimum Gasteiger partial charge on any atom is -0.299 e. The molecule has 1 aromatic heterocycles. The van der Waals surface area contributed by atoms with Crippen LogP contribution in [-0.4, -0.2) is 23.0 Å². The maximum atomic E-state index is 5.88. The highest BCUT2D eigenvalue weighted by molar-refractivity contribution is 6.29. The third kappa shape index (κ3) is 2.96. The molecule has 1 saturated heterocycles. The molecule has 0 bridgehead atoms. The van der Waals surface area contributed by atoms with E-state index in [4.69, 9.17) is 11.6 Å². The van der Waals surface area contributed by atoms with Gasteiger partial charge in [0.1, 0.15) is 5.15 Å². The predicted octanol–water partition coefficient (Wildman–Crippen LogP) is 3.21. The number of likely N-dealkylation sites (tertiary alicyclic amines) is 1. The van der Waals surface area contributed by atoms with Crippen LogP contribution in [0.3, 0.4) is 0 Å². The lowest BCUT2D eigenvalue weighted by atomic mass is 9.88. The van der Waals surface area contributed by atoms with Crippen LogP contribution in [0.15, 0.2) is 18.3 Å². The molecule has 16 heavy (non-hydrogen) atoms. The van der Waals surface area contributed by atoms with Gasteiger partial charge < -0.3 is 0 Å². The lowest BCUT2D eigenvalue weighted by Crippen LogP contribution is -2.37. The summed E-state index contributed by atoms with van der Waals surface area (Å²) in [7, 11) is 0. The number of hydrogen-bond acceptors (Lipinski definition) is 2. The van der Waals surface area contributed by atoms with E-state index in [1.807, 2.05) is 6.07 Å². The molecule has 2 heterocycles. The third-order valence-corrected chi connectivity index (χ3v) is 3.82. The van der Waals surface area contributed by atoms with Crippen LogP contribution >= 0.6 is 11.6 Å². The fourth-order valence-corrected chi connectivity index (χ4v) is 2.49. The molecule has 2 nitrogen and oxygen atoms in total. The largest absolute Gasteiger partial charge is 0.299 e. The van der Waals surface area contributed by atoms with Gasteiger partial charge in [-0.3, -0.25) is 4.90 Å². The molecule has 1 fully saturated rings. The van der Waals surface area contributed by atoms with Crippen LogP contribution in [0.5, 0.6) is 0 Å². The summed E-state index contributed by atoms with van der Waals surface area (Å²) in [6, 6.07) is 4.01. The van der Waals surface area contributed by atoms with E-state index in [1.165, 1.54) is 25.1 Å². The van der Waals surface area contributed by atoms with Crippen molar-refractivity contribution in [2.24, 2.45) is 11.8 Å². The van der Waals surface area contributed by atoms with Crippen LogP contribution < -0.4 is 0 Å². The number of nitrogens with zero attached hydrogens (tertiary/aromatic N) is 2. The summed E-state index contributed by atoms with van der Waals surface area (Å²) in [6.07, 6.45) is 3.09. The molecule has 88 valence electrons. The molecule has 0 amide bonds. The molecule has 3 heteroatoms. The van der Waals surface area contributed by atoms with Crippen LogP contribution in [0.2, 0.25) is 5.15 Å². The van der Waals surface area contributed by atoms with E-state index in [1.54, 1.807) is 6.20 Å². The minimum atomic E-state index is 0.593. The summed E-state index contributed by atoms with van der Waals surface area (Å²) in [5.41, 5.74) is 1.27. The Hall–Kier alpha value is -0.600. The number of rotatable bonds is 2.